The van der Waals surface area contributed by atoms with Crippen LogP contribution in [0.15, 0.2) is 23.2 Å². The molecule has 0 aliphatic carbocycles. The number of nitrogens with zero attached hydrogens (tertiary/aromatic N) is 1. The topological polar surface area (TPSA) is 21.6 Å². The van der Waals surface area contributed by atoms with Gasteiger partial charge in [-0.15, -0.1) is 0 Å². The van der Waals surface area contributed by atoms with Crippen LogP contribution in [0.4, 0.5) is 18.9 Å². The molecule has 1 aromatic rings. The molecule has 1 rings (SSSR count). The predicted molar refractivity (Wildman–Crippen MR) is 56.2 cm³/mol. The van der Waals surface area contributed by atoms with Crippen LogP contribution in [0.2, 0.25) is 5.02 Å². The summed E-state index contributed by atoms with van der Waals surface area (Å²) < 4.78 is 42.1. The van der Waals surface area contributed by atoms with Gasteiger partial charge in [-0.25, -0.2) is 4.99 Å². The fraction of sp³-hybridized carbons (Fsp3) is 0.300. The monoisotopic (exact) mass is 251 g/mol. The summed E-state index contributed by atoms with van der Waals surface area (Å²) in [4.78, 5) is 3.71. The second-order valence-corrected chi connectivity index (χ2v) is 3.26. The Bertz CT molecular complexity index is 390. The number of aliphatic imine (C=N–C) groups is 1. The van der Waals surface area contributed by atoms with Crippen molar-refractivity contribution in [2.45, 2.75) is 13.1 Å². The van der Waals surface area contributed by atoms with Crippen LogP contribution in [-0.2, 0) is 10.9 Å². The second kappa shape index (κ2) is 5.21. The Morgan fingerprint density at radius 2 is 2.12 bits per heavy atom. The van der Waals surface area contributed by atoms with Gasteiger partial charge in [0.25, 0.3) is 0 Å². The number of hydrogen-bond donors (Lipinski definition) is 0. The number of alkyl halides is 3. The molecular formula is C10H9ClF3NO. The number of hydrogen-bond acceptors (Lipinski definition) is 2. The van der Waals surface area contributed by atoms with E-state index in [0.717, 1.165) is 18.5 Å². The van der Waals surface area contributed by atoms with Gasteiger partial charge in [-0.2, -0.15) is 13.2 Å². The lowest BCUT2D eigenvalue weighted by molar-refractivity contribution is -0.137. The van der Waals surface area contributed by atoms with Crippen molar-refractivity contribution in [2.24, 2.45) is 4.99 Å². The fourth-order valence-electron chi connectivity index (χ4n) is 0.983. The molecule has 0 aliphatic heterocycles. The maximum Gasteiger partial charge on any atom is 0.417 e. The molecule has 0 atom stereocenters. The molecule has 0 bridgehead atoms. The third-order valence-electron chi connectivity index (χ3n) is 1.70. The van der Waals surface area contributed by atoms with E-state index in [4.69, 9.17) is 16.3 Å². The third-order valence-corrected chi connectivity index (χ3v) is 2.03. The second-order valence-electron chi connectivity index (χ2n) is 2.85. The lowest BCUT2D eigenvalue weighted by Gasteiger charge is -2.08. The van der Waals surface area contributed by atoms with Gasteiger partial charge in [-0.1, -0.05) is 11.6 Å². The Morgan fingerprint density at radius 3 is 2.69 bits per heavy atom. The molecule has 0 amide bonds. The van der Waals surface area contributed by atoms with Crippen LogP contribution in [0.3, 0.4) is 0 Å². The Balaban J connectivity index is 2.99. The summed E-state index contributed by atoms with van der Waals surface area (Å²) in [5, 5.41) is -0.345. The minimum absolute atomic E-state index is 0.144. The number of halogens is 4. The SMILES string of the molecule is CCOC=Nc1ccc(Cl)c(C(F)(F)F)c1. The first-order valence-electron chi connectivity index (χ1n) is 4.46. The van der Waals surface area contributed by atoms with Crippen LogP contribution < -0.4 is 0 Å². The third kappa shape index (κ3) is 3.41. The van der Waals surface area contributed by atoms with Crippen molar-refractivity contribution >= 4 is 23.7 Å². The van der Waals surface area contributed by atoms with Crippen molar-refractivity contribution in [3.8, 4) is 0 Å². The lowest BCUT2D eigenvalue weighted by Crippen LogP contribution is -2.05. The summed E-state index contributed by atoms with van der Waals surface area (Å²) in [6.45, 7) is 2.15. The zero-order valence-electron chi connectivity index (χ0n) is 8.38. The summed E-state index contributed by atoms with van der Waals surface area (Å²) in [5.41, 5.74) is -0.759. The smallest absolute Gasteiger partial charge is 0.417 e. The molecule has 0 unspecified atom stereocenters. The van der Waals surface area contributed by atoms with E-state index in [1.165, 1.54) is 6.07 Å². The summed E-state index contributed by atoms with van der Waals surface area (Å²) in [6.07, 6.45) is -3.38. The standard InChI is InChI=1S/C10H9ClF3NO/c1-2-16-6-15-7-3-4-9(11)8(5-7)10(12,13)14/h3-6H,2H2,1H3. The molecule has 1 aromatic carbocycles. The molecule has 0 fully saturated rings. The van der Waals surface area contributed by atoms with E-state index in [1.807, 2.05) is 0 Å². The predicted octanol–water partition coefficient (Wildman–Crippen LogP) is 4.06. The molecule has 0 aromatic heterocycles. The highest BCUT2D eigenvalue weighted by Crippen LogP contribution is 2.36. The van der Waals surface area contributed by atoms with Crippen molar-refractivity contribution in [1.82, 2.24) is 0 Å². The van der Waals surface area contributed by atoms with Crippen LogP contribution in [-0.4, -0.2) is 13.0 Å². The number of ether oxygens (including phenoxy) is 1. The van der Waals surface area contributed by atoms with Gasteiger partial charge in [-0.05, 0) is 25.1 Å². The van der Waals surface area contributed by atoms with Crippen LogP contribution >= 0.6 is 11.6 Å². The largest absolute Gasteiger partial charge is 0.483 e. The molecule has 2 nitrogen and oxygen atoms in total. The lowest BCUT2D eigenvalue weighted by atomic mass is 10.2. The number of rotatable bonds is 3. The highest BCUT2D eigenvalue weighted by molar-refractivity contribution is 6.31. The van der Waals surface area contributed by atoms with Gasteiger partial charge in [-0.3, -0.25) is 0 Å². The van der Waals surface area contributed by atoms with Crippen molar-refractivity contribution in [2.75, 3.05) is 6.61 Å². The van der Waals surface area contributed by atoms with E-state index in [0.29, 0.717) is 6.61 Å². The van der Waals surface area contributed by atoms with E-state index in [-0.39, 0.29) is 10.7 Å². The van der Waals surface area contributed by atoms with Crippen molar-refractivity contribution < 1.29 is 17.9 Å². The van der Waals surface area contributed by atoms with Gasteiger partial charge < -0.3 is 4.74 Å². The normalized spacial score (nSPS) is 12.1. The van der Waals surface area contributed by atoms with E-state index in [1.54, 1.807) is 6.92 Å². The van der Waals surface area contributed by atoms with Crippen molar-refractivity contribution in [3.63, 3.8) is 0 Å². The zero-order chi connectivity index (χ0) is 12.2. The minimum atomic E-state index is -4.48. The Labute approximate surface area is 95.7 Å². The minimum Gasteiger partial charge on any atom is -0.483 e. The highest BCUT2D eigenvalue weighted by Gasteiger charge is 2.33. The van der Waals surface area contributed by atoms with Gasteiger partial charge >= 0.3 is 6.18 Å². The molecule has 0 N–H and O–H groups in total. The first-order chi connectivity index (χ1) is 7.45. The van der Waals surface area contributed by atoms with E-state index < -0.39 is 11.7 Å². The summed E-state index contributed by atoms with van der Waals surface area (Å²) >= 11 is 5.44. The van der Waals surface area contributed by atoms with Crippen molar-refractivity contribution in [1.29, 1.82) is 0 Å². The van der Waals surface area contributed by atoms with Gasteiger partial charge in [0.2, 0.25) is 0 Å². The molecule has 0 saturated heterocycles. The van der Waals surface area contributed by atoms with Gasteiger partial charge in [0.1, 0.15) is 0 Å². The molecule has 0 aliphatic rings. The molecule has 88 valence electrons. The maximum atomic E-state index is 12.4. The van der Waals surface area contributed by atoms with E-state index in [9.17, 15) is 13.2 Å². The first-order valence-corrected chi connectivity index (χ1v) is 4.84. The molecule has 0 spiro atoms. The Hall–Kier alpha value is -1.23. The van der Waals surface area contributed by atoms with Gasteiger partial charge in [0, 0.05) is 0 Å². The van der Waals surface area contributed by atoms with E-state index >= 15 is 0 Å². The van der Waals surface area contributed by atoms with Crippen LogP contribution in [0.25, 0.3) is 0 Å². The molecule has 0 radical (unpaired) electrons. The fourth-order valence-corrected chi connectivity index (χ4v) is 1.21. The summed E-state index contributed by atoms with van der Waals surface area (Å²) in [7, 11) is 0. The highest BCUT2D eigenvalue weighted by atomic mass is 35.5. The van der Waals surface area contributed by atoms with Crippen molar-refractivity contribution in [3.05, 3.63) is 28.8 Å². The quantitative estimate of drug-likeness (QED) is 0.586. The van der Waals surface area contributed by atoms with Crippen LogP contribution in [0, 0.1) is 0 Å². The molecular weight excluding hydrogens is 243 g/mol. The molecule has 16 heavy (non-hydrogen) atoms. The Morgan fingerprint density at radius 1 is 1.44 bits per heavy atom. The summed E-state index contributed by atoms with van der Waals surface area (Å²) in [6, 6.07) is 3.41. The average Bonchev–Trinajstić information content (AvgIpc) is 2.19. The van der Waals surface area contributed by atoms with E-state index in [2.05, 4.69) is 4.99 Å². The molecule has 6 heteroatoms. The van der Waals surface area contributed by atoms with Gasteiger partial charge in [0.15, 0.2) is 6.40 Å². The maximum absolute atomic E-state index is 12.4. The van der Waals surface area contributed by atoms with Crippen LogP contribution in [0.1, 0.15) is 12.5 Å². The van der Waals surface area contributed by atoms with Gasteiger partial charge in [0.05, 0.1) is 22.9 Å². The van der Waals surface area contributed by atoms with Crippen LogP contribution in [0.5, 0.6) is 0 Å². The zero-order valence-corrected chi connectivity index (χ0v) is 9.14. The first kappa shape index (κ1) is 12.8. The molecule has 0 saturated carbocycles. The summed E-state index contributed by atoms with van der Waals surface area (Å²) in [5.74, 6) is 0. The number of benzene rings is 1. The Kier molecular flexibility index (Phi) is 4.18. The molecule has 0 heterocycles. The average molecular weight is 252 g/mol.